The second-order valence-electron chi connectivity index (χ2n) is 5.58. The van der Waals surface area contributed by atoms with Crippen molar-refractivity contribution < 1.29 is 9.47 Å². The summed E-state index contributed by atoms with van der Waals surface area (Å²) in [5, 5.41) is 0. The molecule has 9 nitrogen and oxygen atoms in total. The zero-order valence-electron chi connectivity index (χ0n) is 14.0. The Labute approximate surface area is 150 Å². The normalized spacial score (nSPS) is 14.2. The third-order valence-electron chi connectivity index (χ3n) is 3.79. The summed E-state index contributed by atoms with van der Waals surface area (Å²) in [5.41, 5.74) is 1.50. The minimum absolute atomic E-state index is 0.242. The minimum Gasteiger partial charge on any atom is -0.457 e. The fourth-order valence-electron chi connectivity index (χ4n) is 2.48. The molecule has 0 N–H and O–H groups in total. The monoisotopic (exact) mass is 351 g/mol. The van der Waals surface area contributed by atoms with Crippen molar-refractivity contribution in [1.29, 1.82) is 0 Å². The molecule has 0 aliphatic carbocycles. The molecule has 4 rings (SSSR count). The molecule has 1 aliphatic rings. The summed E-state index contributed by atoms with van der Waals surface area (Å²) in [7, 11) is 0. The Hall–Kier alpha value is -3.20. The van der Waals surface area contributed by atoms with Gasteiger partial charge in [-0.3, -0.25) is 4.98 Å². The molecular weight excluding hydrogens is 334 g/mol. The summed E-state index contributed by atoms with van der Waals surface area (Å²) < 4.78 is 11.2. The first-order valence-electron chi connectivity index (χ1n) is 8.25. The first-order chi connectivity index (χ1) is 12.9. The van der Waals surface area contributed by atoms with Crippen molar-refractivity contribution in [2.75, 3.05) is 31.2 Å². The number of nitrogens with zero attached hydrogens (tertiary/aromatic N) is 7. The third-order valence-corrected chi connectivity index (χ3v) is 3.79. The number of rotatable bonds is 5. The molecule has 0 spiro atoms. The van der Waals surface area contributed by atoms with Crippen molar-refractivity contribution in [1.82, 2.24) is 29.9 Å². The van der Waals surface area contributed by atoms with Crippen molar-refractivity contribution in [2.24, 2.45) is 0 Å². The number of aromatic nitrogens is 6. The summed E-state index contributed by atoms with van der Waals surface area (Å²) in [5.74, 6) is 1.02. The van der Waals surface area contributed by atoms with Crippen molar-refractivity contribution in [2.45, 2.75) is 6.61 Å². The van der Waals surface area contributed by atoms with E-state index in [1.165, 1.54) is 6.33 Å². The fourth-order valence-corrected chi connectivity index (χ4v) is 2.48. The van der Waals surface area contributed by atoms with Gasteiger partial charge in [0.25, 0.3) is 0 Å². The average Bonchev–Trinajstić information content (AvgIpc) is 2.74. The van der Waals surface area contributed by atoms with Crippen LogP contribution in [0.15, 0.2) is 43.1 Å². The van der Waals surface area contributed by atoms with E-state index in [1.54, 1.807) is 18.6 Å². The van der Waals surface area contributed by atoms with Crippen molar-refractivity contribution in [3.63, 3.8) is 0 Å². The molecule has 1 saturated heterocycles. The highest BCUT2D eigenvalue weighted by molar-refractivity contribution is 5.54. The number of pyridine rings is 1. The van der Waals surface area contributed by atoms with Crippen LogP contribution >= 0.6 is 0 Å². The largest absolute Gasteiger partial charge is 0.457 e. The van der Waals surface area contributed by atoms with E-state index in [4.69, 9.17) is 9.47 Å². The van der Waals surface area contributed by atoms with Crippen molar-refractivity contribution in [3.05, 3.63) is 48.8 Å². The van der Waals surface area contributed by atoms with Crippen LogP contribution in [0.2, 0.25) is 0 Å². The van der Waals surface area contributed by atoms with Crippen molar-refractivity contribution >= 4 is 5.95 Å². The highest BCUT2D eigenvalue weighted by atomic mass is 16.5. The van der Waals surface area contributed by atoms with E-state index in [9.17, 15) is 0 Å². The molecule has 1 aliphatic heterocycles. The molecule has 3 aromatic rings. The molecule has 0 amide bonds. The van der Waals surface area contributed by atoms with Crippen molar-refractivity contribution in [3.8, 4) is 17.4 Å². The van der Waals surface area contributed by atoms with E-state index in [2.05, 4.69) is 29.9 Å². The smallest absolute Gasteiger partial charge is 0.322 e. The molecule has 4 heterocycles. The van der Waals surface area contributed by atoms with E-state index in [0.29, 0.717) is 43.6 Å². The average molecular weight is 351 g/mol. The summed E-state index contributed by atoms with van der Waals surface area (Å²) in [6, 6.07) is 5.89. The maximum absolute atomic E-state index is 5.76. The Bertz CT molecular complexity index is 842. The van der Waals surface area contributed by atoms with Gasteiger partial charge in [0.1, 0.15) is 12.9 Å². The second kappa shape index (κ2) is 7.79. The lowest BCUT2D eigenvalue weighted by Crippen LogP contribution is -2.37. The summed E-state index contributed by atoms with van der Waals surface area (Å²) in [6.07, 6.45) is 6.51. The van der Waals surface area contributed by atoms with Gasteiger partial charge in [0.05, 0.1) is 24.5 Å². The molecule has 0 saturated carbocycles. The summed E-state index contributed by atoms with van der Waals surface area (Å²) in [4.78, 5) is 27.8. The lowest BCUT2D eigenvalue weighted by molar-refractivity contribution is 0.122. The van der Waals surface area contributed by atoms with Crippen LogP contribution in [-0.4, -0.2) is 56.2 Å². The van der Waals surface area contributed by atoms with Crippen LogP contribution in [0, 0.1) is 0 Å². The van der Waals surface area contributed by atoms with E-state index in [1.807, 2.05) is 23.1 Å². The minimum atomic E-state index is 0.242. The molecular formula is C17H17N7O2. The molecule has 0 bridgehead atoms. The quantitative estimate of drug-likeness (QED) is 0.670. The number of hydrogen-bond donors (Lipinski definition) is 0. The van der Waals surface area contributed by atoms with Gasteiger partial charge < -0.3 is 14.4 Å². The predicted octanol–water partition coefficient (Wildman–Crippen LogP) is 1.14. The van der Waals surface area contributed by atoms with Crippen LogP contribution in [0.3, 0.4) is 0 Å². The van der Waals surface area contributed by atoms with Crippen LogP contribution in [0.4, 0.5) is 5.95 Å². The predicted molar refractivity (Wildman–Crippen MR) is 92.5 cm³/mol. The Balaban J connectivity index is 1.63. The van der Waals surface area contributed by atoms with E-state index in [-0.39, 0.29) is 12.6 Å². The van der Waals surface area contributed by atoms with Gasteiger partial charge in [-0.1, -0.05) is 6.07 Å². The van der Waals surface area contributed by atoms with Gasteiger partial charge in [0, 0.05) is 31.7 Å². The Morgan fingerprint density at radius 3 is 2.65 bits per heavy atom. The number of morpholine rings is 1. The van der Waals surface area contributed by atoms with Gasteiger partial charge in [-0.05, 0) is 12.1 Å². The number of ether oxygens (including phenoxy) is 2. The summed E-state index contributed by atoms with van der Waals surface area (Å²) in [6.45, 7) is 2.99. The molecule has 0 unspecified atom stereocenters. The maximum Gasteiger partial charge on any atom is 0.322 e. The maximum atomic E-state index is 5.76. The van der Waals surface area contributed by atoms with E-state index in [0.717, 1.165) is 5.69 Å². The Kier molecular flexibility index (Phi) is 4.88. The van der Waals surface area contributed by atoms with Gasteiger partial charge in [0.15, 0.2) is 5.82 Å². The molecule has 3 aromatic heterocycles. The molecule has 0 atom stereocenters. The van der Waals surface area contributed by atoms with E-state index < -0.39 is 0 Å². The van der Waals surface area contributed by atoms with Gasteiger partial charge in [-0.2, -0.15) is 15.0 Å². The second-order valence-corrected chi connectivity index (χ2v) is 5.58. The number of hydrogen-bond acceptors (Lipinski definition) is 9. The van der Waals surface area contributed by atoms with E-state index >= 15 is 0 Å². The van der Waals surface area contributed by atoms with Crippen LogP contribution in [0.25, 0.3) is 11.4 Å². The Morgan fingerprint density at radius 2 is 1.88 bits per heavy atom. The standard InChI is InChI=1S/C17H17N7O2/c1-2-4-20-14(3-1)11-26-17-22-15(13-9-18-12-19-10-13)21-16(23-17)24-5-7-25-8-6-24/h1-4,9-10,12H,5-8,11H2. The molecule has 132 valence electrons. The van der Waals surface area contributed by atoms with Crippen LogP contribution in [-0.2, 0) is 11.3 Å². The Morgan fingerprint density at radius 1 is 1.04 bits per heavy atom. The van der Waals surface area contributed by atoms with Crippen LogP contribution in [0.1, 0.15) is 5.69 Å². The SMILES string of the molecule is c1ccc(COc2nc(-c3cncnc3)nc(N3CCOCC3)n2)nc1. The lowest BCUT2D eigenvalue weighted by atomic mass is 10.3. The molecule has 26 heavy (non-hydrogen) atoms. The highest BCUT2D eigenvalue weighted by Gasteiger charge is 2.18. The van der Waals surface area contributed by atoms with Gasteiger partial charge in [-0.25, -0.2) is 9.97 Å². The van der Waals surface area contributed by atoms with Gasteiger partial charge >= 0.3 is 6.01 Å². The van der Waals surface area contributed by atoms with Crippen LogP contribution < -0.4 is 9.64 Å². The molecule has 0 radical (unpaired) electrons. The third kappa shape index (κ3) is 3.89. The van der Waals surface area contributed by atoms with Gasteiger partial charge in [-0.15, -0.1) is 0 Å². The zero-order valence-corrected chi connectivity index (χ0v) is 14.0. The molecule has 1 fully saturated rings. The topological polar surface area (TPSA) is 99.0 Å². The zero-order chi connectivity index (χ0) is 17.6. The highest BCUT2D eigenvalue weighted by Crippen LogP contribution is 2.20. The molecule has 0 aromatic carbocycles. The first kappa shape index (κ1) is 16.3. The summed E-state index contributed by atoms with van der Waals surface area (Å²) >= 11 is 0. The lowest BCUT2D eigenvalue weighted by Gasteiger charge is -2.26. The van der Waals surface area contributed by atoms with Crippen LogP contribution in [0.5, 0.6) is 6.01 Å². The first-order valence-corrected chi connectivity index (χ1v) is 8.25. The molecule has 9 heteroatoms. The van der Waals surface area contributed by atoms with Gasteiger partial charge in [0.2, 0.25) is 5.95 Å². The fraction of sp³-hybridized carbons (Fsp3) is 0.294. The number of anilines is 1.